The van der Waals surface area contributed by atoms with Gasteiger partial charge in [0.15, 0.2) is 12.3 Å². The normalized spacial score (nSPS) is 16.6. The van der Waals surface area contributed by atoms with E-state index in [4.69, 9.17) is 4.42 Å². The van der Waals surface area contributed by atoms with Crippen LogP contribution in [0.3, 0.4) is 0 Å². The van der Waals surface area contributed by atoms with Gasteiger partial charge in [0.25, 0.3) is 5.91 Å². The van der Waals surface area contributed by atoms with E-state index in [1.54, 1.807) is 12.1 Å². The van der Waals surface area contributed by atoms with Crippen LogP contribution < -0.4 is 15.8 Å². The summed E-state index contributed by atoms with van der Waals surface area (Å²) in [4.78, 5) is 24.5. The number of hydrogen-bond acceptors (Lipinski definition) is 3. The highest BCUT2D eigenvalue weighted by Gasteiger charge is 2.17. The van der Waals surface area contributed by atoms with E-state index in [1.807, 2.05) is 0 Å². The first-order chi connectivity index (χ1) is 9.25. The van der Waals surface area contributed by atoms with Crippen molar-refractivity contribution >= 4 is 11.8 Å². The van der Waals surface area contributed by atoms with Crippen LogP contribution in [0.15, 0.2) is 22.8 Å². The maximum absolute atomic E-state index is 11.7. The number of carbonyl (C=O) groups is 2. The van der Waals surface area contributed by atoms with Gasteiger partial charge in [0.05, 0.1) is 19.4 Å². The van der Waals surface area contributed by atoms with E-state index in [0.29, 0.717) is 6.54 Å². The molecule has 19 heavy (non-hydrogen) atoms. The molecule has 1 aliphatic heterocycles. The molecule has 0 aliphatic carbocycles. The molecule has 0 saturated carbocycles. The molecule has 0 unspecified atom stereocenters. The molecule has 0 atom stereocenters. The second kappa shape index (κ2) is 6.94. The molecule has 2 rings (SSSR count). The number of carbonyl (C=O) groups excluding carboxylic acids is 2. The molecule has 1 saturated heterocycles. The van der Waals surface area contributed by atoms with Crippen LogP contribution in [0.25, 0.3) is 0 Å². The molecule has 0 bridgehead atoms. The standard InChI is InChI=1S/C13H19N3O3/c17-12(10-16-7-3-1-2-4-8-16)14-15-13(18)11-6-5-9-19-11/h5-6,9H,1-4,7-8,10H2,(H,14,17)(H,15,18)/p+1. The molecule has 1 fully saturated rings. The van der Waals surface area contributed by atoms with Crippen LogP contribution in [-0.4, -0.2) is 31.4 Å². The molecule has 0 aromatic carbocycles. The third-order valence-corrected chi connectivity index (χ3v) is 3.28. The van der Waals surface area contributed by atoms with Gasteiger partial charge in [-0.05, 0) is 37.8 Å². The first-order valence-corrected chi connectivity index (χ1v) is 6.72. The number of nitrogens with one attached hydrogen (secondary N) is 3. The third-order valence-electron chi connectivity index (χ3n) is 3.28. The number of rotatable bonds is 3. The minimum atomic E-state index is -0.441. The van der Waals surface area contributed by atoms with Crippen molar-refractivity contribution < 1.29 is 18.9 Å². The lowest BCUT2D eigenvalue weighted by Crippen LogP contribution is -3.13. The van der Waals surface area contributed by atoms with Gasteiger partial charge in [0.1, 0.15) is 0 Å². The van der Waals surface area contributed by atoms with Gasteiger partial charge in [-0.25, -0.2) is 0 Å². The number of furan rings is 1. The Morgan fingerprint density at radius 1 is 1.16 bits per heavy atom. The Morgan fingerprint density at radius 2 is 1.89 bits per heavy atom. The molecule has 0 radical (unpaired) electrons. The molecule has 2 amide bonds. The van der Waals surface area contributed by atoms with Crippen molar-refractivity contribution in [2.45, 2.75) is 25.7 Å². The molecule has 2 heterocycles. The monoisotopic (exact) mass is 266 g/mol. The van der Waals surface area contributed by atoms with Crippen LogP contribution in [0.5, 0.6) is 0 Å². The Labute approximate surface area is 112 Å². The summed E-state index contributed by atoms with van der Waals surface area (Å²) in [6.45, 7) is 2.46. The van der Waals surface area contributed by atoms with Crippen molar-refractivity contribution in [1.29, 1.82) is 0 Å². The summed E-state index contributed by atoms with van der Waals surface area (Å²) >= 11 is 0. The summed E-state index contributed by atoms with van der Waals surface area (Å²) in [5, 5.41) is 0. The van der Waals surface area contributed by atoms with Gasteiger partial charge in [0.2, 0.25) is 0 Å². The fourth-order valence-electron chi connectivity index (χ4n) is 2.27. The van der Waals surface area contributed by atoms with E-state index in [2.05, 4.69) is 10.9 Å². The SMILES string of the molecule is O=C(C[NH+]1CCCCCC1)NNC(=O)c1ccco1. The Morgan fingerprint density at radius 3 is 2.53 bits per heavy atom. The molecule has 6 nitrogen and oxygen atoms in total. The molecule has 1 aromatic rings. The van der Waals surface area contributed by atoms with Crippen LogP contribution >= 0.6 is 0 Å². The average Bonchev–Trinajstić information content (AvgIpc) is 2.82. The maximum Gasteiger partial charge on any atom is 0.305 e. The zero-order valence-corrected chi connectivity index (χ0v) is 10.9. The van der Waals surface area contributed by atoms with E-state index in [0.717, 1.165) is 13.1 Å². The van der Waals surface area contributed by atoms with E-state index >= 15 is 0 Å². The highest BCUT2D eigenvalue weighted by atomic mass is 16.3. The molecule has 1 aliphatic rings. The van der Waals surface area contributed by atoms with E-state index in [9.17, 15) is 9.59 Å². The maximum atomic E-state index is 11.7. The second-order valence-corrected chi connectivity index (χ2v) is 4.82. The van der Waals surface area contributed by atoms with E-state index < -0.39 is 5.91 Å². The molecule has 6 heteroatoms. The van der Waals surface area contributed by atoms with Crippen molar-refractivity contribution in [3.05, 3.63) is 24.2 Å². The zero-order valence-electron chi connectivity index (χ0n) is 10.9. The first-order valence-electron chi connectivity index (χ1n) is 6.72. The fourth-order valence-corrected chi connectivity index (χ4v) is 2.27. The highest BCUT2D eigenvalue weighted by Crippen LogP contribution is 1.99. The zero-order chi connectivity index (χ0) is 13.5. The van der Waals surface area contributed by atoms with Crippen LogP contribution in [0.1, 0.15) is 36.2 Å². The van der Waals surface area contributed by atoms with Gasteiger partial charge in [-0.2, -0.15) is 0 Å². The molecule has 104 valence electrons. The molecular weight excluding hydrogens is 246 g/mol. The topological polar surface area (TPSA) is 75.8 Å². The molecule has 0 spiro atoms. The summed E-state index contributed by atoms with van der Waals surface area (Å²) in [6, 6.07) is 3.17. The Bertz CT molecular complexity index is 409. The number of amides is 2. The number of hydrazine groups is 1. The van der Waals surface area contributed by atoms with Crippen molar-refractivity contribution in [1.82, 2.24) is 10.9 Å². The van der Waals surface area contributed by atoms with Gasteiger partial charge in [-0.3, -0.25) is 20.4 Å². The van der Waals surface area contributed by atoms with Crippen molar-refractivity contribution in [3.8, 4) is 0 Å². The number of hydrogen-bond donors (Lipinski definition) is 3. The average molecular weight is 266 g/mol. The van der Waals surface area contributed by atoms with Gasteiger partial charge < -0.3 is 9.32 Å². The lowest BCUT2D eigenvalue weighted by atomic mass is 10.2. The van der Waals surface area contributed by atoms with Crippen LogP contribution in [0.2, 0.25) is 0 Å². The van der Waals surface area contributed by atoms with Crippen LogP contribution in [0, 0.1) is 0 Å². The van der Waals surface area contributed by atoms with Crippen molar-refractivity contribution in [2.75, 3.05) is 19.6 Å². The van der Waals surface area contributed by atoms with Gasteiger partial charge in [-0.1, -0.05) is 0 Å². The predicted octanol–water partition coefficient (Wildman–Crippen LogP) is -0.500. The second-order valence-electron chi connectivity index (χ2n) is 4.82. The minimum Gasteiger partial charge on any atom is -0.459 e. The van der Waals surface area contributed by atoms with Gasteiger partial charge in [0, 0.05) is 0 Å². The lowest BCUT2D eigenvalue weighted by Gasteiger charge is -2.16. The largest absolute Gasteiger partial charge is 0.459 e. The third kappa shape index (κ3) is 4.40. The Kier molecular flexibility index (Phi) is 4.97. The lowest BCUT2D eigenvalue weighted by molar-refractivity contribution is -0.891. The fraction of sp³-hybridized carbons (Fsp3) is 0.538. The smallest absolute Gasteiger partial charge is 0.305 e. The summed E-state index contributed by atoms with van der Waals surface area (Å²) in [5.74, 6) is -0.427. The summed E-state index contributed by atoms with van der Waals surface area (Å²) in [6.07, 6.45) is 6.25. The quantitative estimate of drug-likeness (QED) is 0.646. The van der Waals surface area contributed by atoms with Crippen molar-refractivity contribution in [3.63, 3.8) is 0 Å². The van der Waals surface area contributed by atoms with Gasteiger partial charge >= 0.3 is 5.91 Å². The van der Waals surface area contributed by atoms with Crippen LogP contribution in [0.4, 0.5) is 0 Å². The Balaban J connectivity index is 1.70. The van der Waals surface area contributed by atoms with Crippen LogP contribution in [-0.2, 0) is 4.79 Å². The molecule has 3 N–H and O–H groups in total. The molecular formula is C13H20N3O3+. The summed E-state index contributed by atoms with van der Waals surface area (Å²) in [5.41, 5.74) is 4.76. The van der Waals surface area contributed by atoms with Crippen molar-refractivity contribution in [2.24, 2.45) is 0 Å². The Hall–Kier alpha value is -1.82. The van der Waals surface area contributed by atoms with E-state index in [1.165, 1.54) is 36.8 Å². The number of quaternary nitrogens is 1. The summed E-state index contributed by atoms with van der Waals surface area (Å²) in [7, 11) is 0. The highest BCUT2D eigenvalue weighted by molar-refractivity contribution is 5.92. The molecule has 1 aromatic heterocycles. The minimum absolute atomic E-state index is 0.170. The number of likely N-dealkylation sites (tertiary alicyclic amines) is 1. The summed E-state index contributed by atoms with van der Waals surface area (Å²) < 4.78 is 4.93. The first kappa shape index (κ1) is 13.6. The van der Waals surface area contributed by atoms with E-state index in [-0.39, 0.29) is 11.7 Å². The van der Waals surface area contributed by atoms with Gasteiger partial charge in [-0.15, -0.1) is 0 Å². The predicted molar refractivity (Wildman–Crippen MR) is 68.3 cm³/mol.